The zero-order valence-electron chi connectivity index (χ0n) is 11.5. The summed E-state index contributed by atoms with van der Waals surface area (Å²) in [5.74, 6) is 1.16. The summed E-state index contributed by atoms with van der Waals surface area (Å²) in [6, 6.07) is 5.94. The number of pyridine rings is 1. The van der Waals surface area contributed by atoms with Gasteiger partial charge < -0.3 is 9.51 Å². The number of aliphatic hydroxyl groups excluding tert-OH is 1. The first-order valence-corrected chi connectivity index (χ1v) is 7.39. The number of hydrogen-bond donors (Lipinski definition) is 1. The second kappa shape index (κ2) is 5.33. The molecule has 1 fully saturated rings. The number of imidazole rings is 1. The van der Waals surface area contributed by atoms with Gasteiger partial charge in [-0.15, -0.1) is 0 Å². The maximum Gasteiger partial charge on any atom is 0.137 e. The largest absolute Gasteiger partial charge is 0.386 e. The van der Waals surface area contributed by atoms with Crippen molar-refractivity contribution in [1.82, 2.24) is 9.38 Å². The molecule has 2 heterocycles. The van der Waals surface area contributed by atoms with Crippen molar-refractivity contribution in [2.24, 2.45) is 11.8 Å². The topological polar surface area (TPSA) is 37.5 Å². The summed E-state index contributed by atoms with van der Waals surface area (Å²) < 4.78 is 1.98. The molecule has 0 saturated heterocycles. The van der Waals surface area contributed by atoms with Crippen LogP contribution in [0, 0.1) is 11.8 Å². The fourth-order valence-electron chi connectivity index (χ4n) is 3.33. The van der Waals surface area contributed by atoms with Crippen LogP contribution in [0.15, 0.2) is 30.6 Å². The lowest BCUT2D eigenvalue weighted by molar-refractivity contribution is 0.0649. The van der Waals surface area contributed by atoms with E-state index in [0.29, 0.717) is 5.92 Å². The van der Waals surface area contributed by atoms with Crippen molar-refractivity contribution in [1.29, 1.82) is 0 Å². The average Bonchev–Trinajstić information content (AvgIpc) is 2.90. The van der Waals surface area contributed by atoms with Crippen molar-refractivity contribution in [3.63, 3.8) is 0 Å². The number of nitrogens with zero attached hydrogens (tertiary/aromatic N) is 2. The molecule has 1 aliphatic rings. The molecule has 2 aromatic rings. The number of aromatic nitrogens is 2. The van der Waals surface area contributed by atoms with Crippen molar-refractivity contribution in [3.8, 4) is 0 Å². The number of aliphatic hydroxyl groups is 1. The first kappa shape index (κ1) is 12.7. The zero-order chi connectivity index (χ0) is 13.2. The first-order chi connectivity index (χ1) is 9.28. The van der Waals surface area contributed by atoms with Crippen molar-refractivity contribution in [2.75, 3.05) is 0 Å². The van der Waals surface area contributed by atoms with E-state index in [4.69, 9.17) is 0 Å². The lowest BCUT2D eigenvalue weighted by Crippen LogP contribution is -2.21. The zero-order valence-corrected chi connectivity index (χ0v) is 11.5. The van der Waals surface area contributed by atoms with E-state index in [1.807, 2.05) is 35.0 Å². The van der Waals surface area contributed by atoms with Crippen LogP contribution in [0.25, 0.3) is 5.65 Å². The normalized spacial score (nSPS) is 25.6. The van der Waals surface area contributed by atoms with Crippen LogP contribution in [-0.2, 0) is 0 Å². The monoisotopic (exact) mass is 258 g/mol. The molecular formula is C16H22N2O. The summed E-state index contributed by atoms with van der Waals surface area (Å²) in [6.45, 7) is 2.25. The molecular weight excluding hydrogens is 236 g/mol. The standard InChI is InChI=1S/C16H22N2O/c1-2-12-6-5-7-13(10-12)16(19)14-11-18-9-4-3-8-15(18)17-14/h3-4,8-9,11-13,16,19H,2,5-7,10H2,1H3. The molecule has 0 bridgehead atoms. The summed E-state index contributed by atoms with van der Waals surface area (Å²) in [7, 11) is 0. The van der Waals surface area contributed by atoms with Crippen LogP contribution < -0.4 is 0 Å². The molecule has 102 valence electrons. The van der Waals surface area contributed by atoms with Gasteiger partial charge in [0.1, 0.15) is 11.8 Å². The number of rotatable bonds is 3. The van der Waals surface area contributed by atoms with Gasteiger partial charge in [0.05, 0.1) is 5.69 Å². The van der Waals surface area contributed by atoms with E-state index in [0.717, 1.165) is 30.1 Å². The number of hydrogen-bond acceptors (Lipinski definition) is 2. The molecule has 0 radical (unpaired) electrons. The van der Waals surface area contributed by atoms with E-state index in [1.54, 1.807) is 0 Å². The van der Waals surface area contributed by atoms with Crippen LogP contribution in [0.1, 0.15) is 50.8 Å². The van der Waals surface area contributed by atoms with E-state index in [1.165, 1.54) is 19.3 Å². The molecule has 1 N–H and O–H groups in total. The predicted molar refractivity (Wildman–Crippen MR) is 75.9 cm³/mol. The van der Waals surface area contributed by atoms with E-state index in [9.17, 15) is 5.11 Å². The summed E-state index contributed by atoms with van der Waals surface area (Å²) in [6.07, 6.45) is 9.61. The fourth-order valence-corrected chi connectivity index (χ4v) is 3.33. The van der Waals surface area contributed by atoms with Gasteiger partial charge in [-0.1, -0.05) is 32.3 Å². The molecule has 3 rings (SSSR count). The Balaban J connectivity index is 1.80. The molecule has 0 aliphatic heterocycles. The van der Waals surface area contributed by atoms with Crippen molar-refractivity contribution >= 4 is 5.65 Å². The van der Waals surface area contributed by atoms with E-state index >= 15 is 0 Å². The van der Waals surface area contributed by atoms with Crippen molar-refractivity contribution in [2.45, 2.75) is 45.1 Å². The van der Waals surface area contributed by atoms with Gasteiger partial charge in [0.25, 0.3) is 0 Å². The van der Waals surface area contributed by atoms with Crippen LogP contribution in [0.5, 0.6) is 0 Å². The summed E-state index contributed by atoms with van der Waals surface area (Å²) in [5.41, 5.74) is 1.74. The van der Waals surface area contributed by atoms with E-state index in [2.05, 4.69) is 11.9 Å². The highest BCUT2D eigenvalue weighted by Gasteiger charge is 2.28. The lowest BCUT2D eigenvalue weighted by Gasteiger charge is -2.31. The second-order valence-electron chi connectivity index (χ2n) is 5.78. The number of fused-ring (bicyclic) bond motifs is 1. The smallest absolute Gasteiger partial charge is 0.137 e. The molecule has 19 heavy (non-hydrogen) atoms. The van der Waals surface area contributed by atoms with Gasteiger partial charge in [0.2, 0.25) is 0 Å². The predicted octanol–water partition coefficient (Wildman–Crippen LogP) is 3.58. The highest BCUT2D eigenvalue weighted by Crippen LogP contribution is 2.38. The Morgan fingerprint density at radius 1 is 1.42 bits per heavy atom. The van der Waals surface area contributed by atoms with Gasteiger partial charge in [0.15, 0.2) is 0 Å². The third kappa shape index (κ3) is 2.52. The first-order valence-electron chi connectivity index (χ1n) is 7.39. The highest BCUT2D eigenvalue weighted by molar-refractivity contribution is 5.39. The Morgan fingerprint density at radius 3 is 3.11 bits per heavy atom. The van der Waals surface area contributed by atoms with Crippen LogP contribution in [0.2, 0.25) is 0 Å². The van der Waals surface area contributed by atoms with Crippen LogP contribution in [-0.4, -0.2) is 14.5 Å². The Bertz CT molecular complexity index is 515. The minimum absolute atomic E-state index is 0.378. The molecule has 0 aromatic carbocycles. The Morgan fingerprint density at radius 2 is 2.32 bits per heavy atom. The molecule has 2 aromatic heterocycles. The second-order valence-corrected chi connectivity index (χ2v) is 5.78. The summed E-state index contributed by atoms with van der Waals surface area (Å²) >= 11 is 0. The minimum atomic E-state index is -0.408. The Kier molecular flexibility index (Phi) is 3.56. The maximum absolute atomic E-state index is 10.6. The molecule has 3 nitrogen and oxygen atoms in total. The summed E-state index contributed by atoms with van der Waals surface area (Å²) in [4.78, 5) is 4.55. The van der Waals surface area contributed by atoms with Crippen molar-refractivity contribution < 1.29 is 5.11 Å². The van der Waals surface area contributed by atoms with Gasteiger partial charge in [0, 0.05) is 12.4 Å². The lowest BCUT2D eigenvalue weighted by atomic mass is 9.77. The van der Waals surface area contributed by atoms with Gasteiger partial charge in [-0.2, -0.15) is 0 Å². The third-order valence-electron chi connectivity index (χ3n) is 4.53. The SMILES string of the molecule is CCC1CCCC(C(O)c2cn3ccccc3n2)C1. The molecule has 3 heteroatoms. The fraction of sp³-hybridized carbons (Fsp3) is 0.562. The Labute approximate surface area is 114 Å². The van der Waals surface area contributed by atoms with Crippen LogP contribution >= 0.6 is 0 Å². The van der Waals surface area contributed by atoms with E-state index < -0.39 is 6.10 Å². The molecule has 1 aliphatic carbocycles. The van der Waals surface area contributed by atoms with Gasteiger partial charge in [-0.05, 0) is 36.8 Å². The van der Waals surface area contributed by atoms with Gasteiger partial charge in [-0.25, -0.2) is 4.98 Å². The van der Waals surface area contributed by atoms with Crippen LogP contribution in [0.3, 0.4) is 0 Å². The maximum atomic E-state index is 10.6. The quantitative estimate of drug-likeness (QED) is 0.913. The molecule has 3 atom stereocenters. The van der Waals surface area contributed by atoms with Gasteiger partial charge in [-0.3, -0.25) is 0 Å². The van der Waals surface area contributed by atoms with Gasteiger partial charge >= 0.3 is 0 Å². The minimum Gasteiger partial charge on any atom is -0.386 e. The third-order valence-corrected chi connectivity index (χ3v) is 4.53. The molecule has 1 saturated carbocycles. The molecule has 0 spiro atoms. The van der Waals surface area contributed by atoms with Crippen LogP contribution in [0.4, 0.5) is 0 Å². The molecule has 3 unspecified atom stereocenters. The molecule has 0 amide bonds. The van der Waals surface area contributed by atoms with E-state index in [-0.39, 0.29) is 0 Å². The Hall–Kier alpha value is -1.35. The van der Waals surface area contributed by atoms with Crippen molar-refractivity contribution in [3.05, 3.63) is 36.3 Å². The average molecular weight is 258 g/mol. The summed E-state index contributed by atoms with van der Waals surface area (Å²) in [5, 5.41) is 10.6. The highest BCUT2D eigenvalue weighted by atomic mass is 16.3.